The zero-order chi connectivity index (χ0) is 19.0. The van der Waals surface area contributed by atoms with Crippen LogP contribution in [-0.4, -0.2) is 90.2 Å². The van der Waals surface area contributed by atoms with Crippen LogP contribution in [0.1, 0.15) is 10.4 Å². The first kappa shape index (κ1) is 20.8. The first-order chi connectivity index (χ1) is 12.5. The number of ether oxygens (including phenoxy) is 2. The molecule has 1 saturated heterocycles. The van der Waals surface area contributed by atoms with Crippen LogP contribution in [0.25, 0.3) is 0 Å². The summed E-state index contributed by atoms with van der Waals surface area (Å²) in [4.78, 5) is 14.4. The predicted molar refractivity (Wildman–Crippen MR) is 97.7 cm³/mol. The first-order valence-electron chi connectivity index (χ1n) is 8.58. The van der Waals surface area contributed by atoms with Crippen molar-refractivity contribution in [3.63, 3.8) is 0 Å². The van der Waals surface area contributed by atoms with E-state index < -0.39 is 10.0 Å². The Morgan fingerprint density at radius 3 is 2.12 bits per heavy atom. The summed E-state index contributed by atoms with van der Waals surface area (Å²) in [6.07, 6.45) is 0. The molecule has 1 aliphatic heterocycles. The van der Waals surface area contributed by atoms with Crippen LogP contribution in [0.2, 0.25) is 0 Å². The number of nitrogens with one attached hydrogen (secondary N) is 1. The van der Waals surface area contributed by atoms with Crippen molar-refractivity contribution in [2.45, 2.75) is 4.90 Å². The van der Waals surface area contributed by atoms with E-state index in [1.54, 1.807) is 17.0 Å². The van der Waals surface area contributed by atoms with Crippen LogP contribution < -0.4 is 5.32 Å². The number of methoxy groups -OCH3 is 2. The Bertz CT molecular complexity index is 664. The van der Waals surface area contributed by atoms with Crippen molar-refractivity contribution in [1.29, 1.82) is 0 Å². The summed E-state index contributed by atoms with van der Waals surface area (Å²) in [6, 6.07) is 6.11. The summed E-state index contributed by atoms with van der Waals surface area (Å²) in [5.74, 6) is -0.0777. The third kappa shape index (κ3) is 5.24. The number of nitrogens with zero attached hydrogens (tertiary/aromatic N) is 2. The second-order valence-corrected chi connectivity index (χ2v) is 7.89. The van der Waals surface area contributed by atoms with E-state index in [1.807, 2.05) is 0 Å². The number of rotatable bonds is 9. The Hall–Kier alpha value is -1.52. The fraction of sp³-hybridized carbons (Fsp3) is 0.588. The average molecular weight is 385 g/mol. The van der Waals surface area contributed by atoms with Gasteiger partial charge in [0.15, 0.2) is 0 Å². The summed E-state index contributed by atoms with van der Waals surface area (Å²) in [7, 11) is -0.624. The zero-order valence-corrected chi connectivity index (χ0v) is 16.1. The maximum atomic E-state index is 12.8. The van der Waals surface area contributed by atoms with Gasteiger partial charge in [0, 0.05) is 59.1 Å². The van der Waals surface area contributed by atoms with Crippen LogP contribution in [0.3, 0.4) is 0 Å². The molecule has 1 heterocycles. The maximum absolute atomic E-state index is 12.8. The lowest BCUT2D eigenvalue weighted by atomic mass is 10.2. The average Bonchev–Trinajstić information content (AvgIpc) is 2.68. The Balaban J connectivity index is 2.14. The fourth-order valence-corrected chi connectivity index (χ4v) is 4.12. The van der Waals surface area contributed by atoms with Gasteiger partial charge in [0.05, 0.1) is 18.1 Å². The van der Waals surface area contributed by atoms with Gasteiger partial charge in [-0.25, -0.2) is 8.42 Å². The Labute approximate surface area is 155 Å². The molecule has 1 N–H and O–H groups in total. The molecule has 1 aliphatic rings. The predicted octanol–water partition coefficient (Wildman–Crippen LogP) is 0.0155. The van der Waals surface area contributed by atoms with Crippen molar-refractivity contribution >= 4 is 15.9 Å². The molecule has 2 rings (SSSR count). The molecular weight excluding hydrogens is 358 g/mol. The van der Waals surface area contributed by atoms with Crippen molar-refractivity contribution in [2.75, 3.05) is 66.7 Å². The second kappa shape index (κ2) is 9.98. The highest BCUT2D eigenvalue weighted by atomic mass is 32.2. The van der Waals surface area contributed by atoms with E-state index in [0.717, 1.165) is 13.1 Å². The lowest BCUT2D eigenvalue weighted by Gasteiger charge is -2.27. The summed E-state index contributed by atoms with van der Waals surface area (Å²) in [5.41, 5.74) is 0.492. The third-order valence-electron chi connectivity index (χ3n) is 4.23. The topological polar surface area (TPSA) is 88.2 Å². The Kier molecular flexibility index (Phi) is 7.98. The lowest BCUT2D eigenvalue weighted by Crippen LogP contribution is -2.46. The molecule has 1 amide bonds. The highest BCUT2D eigenvalue weighted by Gasteiger charge is 2.25. The van der Waals surface area contributed by atoms with E-state index in [4.69, 9.17) is 9.47 Å². The first-order valence-corrected chi connectivity index (χ1v) is 10.0. The van der Waals surface area contributed by atoms with Gasteiger partial charge in [-0.1, -0.05) is 0 Å². The number of sulfonamides is 1. The van der Waals surface area contributed by atoms with Crippen molar-refractivity contribution < 1.29 is 22.7 Å². The largest absolute Gasteiger partial charge is 0.383 e. The number of benzene rings is 1. The third-order valence-corrected chi connectivity index (χ3v) is 6.15. The van der Waals surface area contributed by atoms with Crippen LogP contribution in [0, 0.1) is 0 Å². The molecule has 0 radical (unpaired) electrons. The van der Waals surface area contributed by atoms with E-state index in [0.29, 0.717) is 31.9 Å². The van der Waals surface area contributed by atoms with E-state index >= 15 is 0 Å². The van der Waals surface area contributed by atoms with Gasteiger partial charge in [0.1, 0.15) is 0 Å². The second-order valence-electron chi connectivity index (χ2n) is 5.96. The number of hydrogen-bond donors (Lipinski definition) is 1. The molecule has 1 fully saturated rings. The van der Waals surface area contributed by atoms with Crippen LogP contribution in [0.15, 0.2) is 29.2 Å². The Morgan fingerprint density at radius 2 is 1.62 bits per heavy atom. The van der Waals surface area contributed by atoms with E-state index in [2.05, 4.69) is 5.32 Å². The molecule has 0 bridgehead atoms. The number of amides is 1. The summed E-state index contributed by atoms with van der Waals surface area (Å²) in [6.45, 7) is 3.91. The van der Waals surface area contributed by atoms with Crippen LogP contribution >= 0.6 is 0 Å². The van der Waals surface area contributed by atoms with Gasteiger partial charge in [0.25, 0.3) is 5.91 Å². The number of hydrogen-bond acceptors (Lipinski definition) is 6. The van der Waals surface area contributed by atoms with Crippen LogP contribution in [0.5, 0.6) is 0 Å². The lowest BCUT2D eigenvalue weighted by molar-refractivity contribution is 0.0735. The molecule has 1 aromatic carbocycles. The molecule has 0 aliphatic carbocycles. The van der Waals surface area contributed by atoms with Gasteiger partial charge in [-0.2, -0.15) is 4.31 Å². The number of carbonyl (C=O) groups excluding carboxylic acids is 1. The highest BCUT2D eigenvalue weighted by Crippen LogP contribution is 2.17. The molecule has 0 spiro atoms. The summed E-state index contributed by atoms with van der Waals surface area (Å²) >= 11 is 0. The molecule has 0 saturated carbocycles. The van der Waals surface area contributed by atoms with Crippen LogP contribution in [0.4, 0.5) is 0 Å². The molecule has 0 atom stereocenters. The molecule has 9 heteroatoms. The quantitative estimate of drug-likeness (QED) is 0.645. The smallest absolute Gasteiger partial charge is 0.253 e. The molecule has 0 aromatic heterocycles. The van der Waals surface area contributed by atoms with Gasteiger partial charge in [0.2, 0.25) is 10.0 Å². The number of carbonyl (C=O) groups is 1. The molecule has 26 heavy (non-hydrogen) atoms. The molecule has 146 valence electrons. The van der Waals surface area contributed by atoms with Gasteiger partial charge in [-0.15, -0.1) is 0 Å². The summed E-state index contributed by atoms with van der Waals surface area (Å²) in [5, 5.41) is 3.20. The van der Waals surface area contributed by atoms with Crippen molar-refractivity contribution in [3.05, 3.63) is 29.8 Å². The number of piperazine rings is 1. The fourth-order valence-electron chi connectivity index (χ4n) is 2.71. The van der Waals surface area contributed by atoms with Crippen molar-refractivity contribution in [1.82, 2.24) is 14.5 Å². The molecule has 1 aromatic rings. The van der Waals surface area contributed by atoms with Gasteiger partial charge in [-0.3, -0.25) is 4.79 Å². The van der Waals surface area contributed by atoms with Crippen molar-refractivity contribution in [3.8, 4) is 0 Å². The highest BCUT2D eigenvalue weighted by molar-refractivity contribution is 7.89. The van der Waals surface area contributed by atoms with Gasteiger partial charge >= 0.3 is 0 Å². The van der Waals surface area contributed by atoms with Crippen molar-refractivity contribution in [2.24, 2.45) is 0 Å². The van der Waals surface area contributed by atoms with E-state index in [-0.39, 0.29) is 23.9 Å². The van der Waals surface area contributed by atoms with Gasteiger partial charge in [-0.05, 0) is 24.3 Å². The molecular formula is C17H27N3O5S. The SMILES string of the molecule is COCCN(CCOC)S(=O)(=O)c1ccc(C(=O)N2CCNCC2)cc1. The molecule has 8 nitrogen and oxygen atoms in total. The van der Waals surface area contributed by atoms with E-state index in [9.17, 15) is 13.2 Å². The summed E-state index contributed by atoms with van der Waals surface area (Å²) < 4.78 is 37.0. The van der Waals surface area contributed by atoms with E-state index in [1.165, 1.54) is 30.7 Å². The standard InChI is InChI=1S/C17H27N3O5S/c1-24-13-11-20(12-14-25-2)26(22,23)16-5-3-15(4-6-16)17(21)19-9-7-18-8-10-19/h3-6,18H,7-14H2,1-2H3. The Morgan fingerprint density at radius 1 is 1.08 bits per heavy atom. The van der Waals surface area contributed by atoms with Gasteiger partial charge < -0.3 is 19.7 Å². The monoisotopic (exact) mass is 385 g/mol. The van der Waals surface area contributed by atoms with Crippen LogP contribution in [-0.2, 0) is 19.5 Å². The molecule has 0 unspecified atom stereocenters. The normalized spacial score (nSPS) is 15.4. The maximum Gasteiger partial charge on any atom is 0.253 e. The minimum absolute atomic E-state index is 0.0777. The minimum atomic E-state index is -3.67. The zero-order valence-electron chi connectivity index (χ0n) is 15.3. The minimum Gasteiger partial charge on any atom is -0.383 e.